The van der Waals surface area contributed by atoms with Gasteiger partial charge in [0.2, 0.25) is 5.91 Å². The van der Waals surface area contributed by atoms with Gasteiger partial charge in [-0.25, -0.2) is 9.18 Å². The number of hydrogen-bond acceptors (Lipinski definition) is 4. The van der Waals surface area contributed by atoms with Crippen LogP contribution in [0.25, 0.3) is 0 Å². The van der Waals surface area contributed by atoms with Crippen LogP contribution in [0.5, 0.6) is 0 Å². The van der Waals surface area contributed by atoms with Gasteiger partial charge < -0.3 is 10.6 Å². The number of benzene rings is 2. The summed E-state index contributed by atoms with van der Waals surface area (Å²) >= 11 is 0. The van der Waals surface area contributed by atoms with E-state index in [9.17, 15) is 23.6 Å². The number of halogens is 1. The highest BCUT2D eigenvalue weighted by molar-refractivity contribution is 6.11. The van der Waals surface area contributed by atoms with Gasteiger partial charge in [-0.2, -0.15) is 0 Å². The lowest BCUT2D eigenvalue weighted by Crippen LogP contribution is -2.44. The Hall–Kier alpha value is -3.55. The number of imide groups is 1. The van der Waals surface area contributed by atoms with Gasteiger partial charge in [0.15, 0.2) is 5.78 Å². The first kappa shape index (κ1) is 21.2. The van der Waals surface area contributed by atoms with E-state index >= 15 is 0 Å². The molecule has 0 unspecified atom stereocenters. The minimum atomic E-state index is -1.25. The Balaban J connectivity index is 1.85. The van der Waals surface area contributed by atoms with Crippen LogP contribution in [-0.2, 0) is 15.1 Å². The minimum Gasteiger partial charge on any atom is -0.326 e. The van der Waals surface area contributed by atoms with Crippen molar-refractivity contribution in [2.75, 3.05) is 11.9 Å². The Labute approximate surface area is 173 Å². The molecule has 1 fully saturated rings. The molecule has 2 N–H and O–H groups in total. The van der Waals surface area contributed by atoms with Gasteiger partial charge in [-0.05, 0) is 30.2 Å². The molecule has 156 valence electrons. The maximum Gasteiger partial charge on any atom is 0.325 e. The molecule has 0 saturated carbocycles. The van der Waals surface area contributed by atoms with E-state index in [1.807, 2.05) is 6.92 Å². The molecule has 7 nitrogen and oxygen atoms in total. The zero-order valence-electron chi connectivity index (χ0n) is 16.7. The maximum absolute atomic E-state index is 14.4. The predicted octanol–water partition coefficient (Wildman–Crippen LogP) is 3.21. The second-order valence-electron chi connectivity index (χ2n) is 7.14. The molecule has 0 aliphatic carbocycles. The van der Waals surface area contributed by atoms with Crippen molar-refractivity contribution in [3.05, 3.63) is 65.5 Å². The summed E-state index contributed by atoms with van der Waals surface area (Å²) < 4.78 is 14.4. The zero-order chi connectivity index (χ0) is 21.9. The summed E-state index contributed by atoms with van der Waals surface area (Å²) in [7, 11) is 0. The molecule has 2 aromatic rings. The second-order valence-corrected chi connectivity index (χ2v) is 7.14. The molecule has 1 aliphatic rings. The normalized spacial score (nSPS) is 18.3. The molecule has 1 atom stereocenters. The largest absolute Gasteiger partial charge is 0.326 e. The molecular formula is C22H22FN3O4. The molecule has 0 aromatic heterocycles. The fourth-order valence-electron chi connectivity index (χ4n) is 3.63. The van der Waals surface area contributed by atoms with E-state index in [-0.39, 0.29) is 17.2 Å². The van der Waals surface area contributed by atoms with E-state index < -0.39 is 35.6 Å². The number of carbonyl (C=O) groups is 4. The zero-order valence-corrected chi connectivity index (χ0v) is 16.7. The van der Waals surface area contributed by atoms with Crippen LogP contribution in [0.3, 0.4) is 0 Å². The average molecular weight is 411 g/mol. The van der Waals surface area contributed by atoms with Gasteiger partial charge in [0.25, 0.3) is 5.91 Å². The van der Waals surface area contributed by atoms with E-state index in [1.165, 1.54) is 19.1 Å². The van der Waals surface area contributed by atoms with Crippen LogP contribution in [0.2, 0.25) is 0 Å². The lowest BCUT2D eigenvalue weighted by molar-refractivity contribution is -0.131. The number of carbonyl (C=O) groups excluding carboxylic acids is 4. The molecule has 1 saturated heterocycles. The highest BCUT2D eigenvalue weighted by atomic mass is 19.1. The smallest absolute Gasteiger partial charge is 0.325 e. The number of urea groups is 1. The number of rotatable bonds is 7. The lowest BCUT2D eigenvalue weighted by Gasteiger charge is -2.26. The van der Waals surface area contributed by atoms with Crippen LogP contribution in [0.1, 0.15) is 42.6 Å². The number of Topliss-reactive ketones (excluding diaryl/α,β-unsaturated/α-hetero) is 1. The fraction of sp³-hybridized carbons (Fsp3) is 0.273. The number of anilines is 1. The molecule has 4 amide bonds. The Morgan fingerprint density at radius 3 is 2.43 bits per heavy atom. The highest BCUT2D eigenvalue weighted by Crippen LogP contribution is 2.33. The molecule has 0 spiro atoms. The Morgan fingerprint density at radius 1 is 1.13 bits per heavy atom. The van der Waals surface area contributed by atoms with Crippen molar-refractivity contribution in [3.63, 3.8) is 0 Å². The van der Waals surface area contributed by atoms with E-state index in [0.717, 1.165) is 11.0 Å². The van der Waals surface area contributed by atoms with E-state index in [0.29, 0.717) is 18.4 Å². The van der Waals surface area contributed by atoms with Gasteiger partial charge in [0, 0.05) is 12.6 Å². The van der Waals surface area contributed by atoms with Gasteiger partial charge in [0.1, 0.15) is 11.4 Å². The molecule has 1 aliphatic heterocycles. The van der Waals surface area contributed by atoms with E-state index in [2.05, 4.69) is 10.6 Å². The summed E-state index contributed by atoms with van der Waals surface area (Å²) in [5.74, 6) is -2.47. The molecule has 8 heteroatoms. The first-order valence-electron chi connectivity index (χ1n) is 9.58. The number of hydrogen-bond donors (Lipinski definition) is 2. The molecule has 0 bridgehead atoms. The number of amides is 4. The molecule has 2 aromatic carbocycles. The molecule has 1 heterocycles. The third kappa shape index (κ3) is 3.94. The number of nitrogens with one attached hydrogen (secondary N) is 2. The van der Waals surface area contributed by atoms with Crippen LogP contribution in [0.15, 0.2) is 48.5 Å². The summed E-state index contributed by atoms with van der Waals surface area (Å²) in [4.78, 5) is 50.3. The van der Waals surface area contributed by atoms with Gasteiger partial charge in [-0.1, -0.05) is 43.7 Å². The predicted molar refractivity (Wildman–Crippen MR) is 108 cm³/mol. The standard InChI is InChI=1S/C22H22FN3O4/c1-3-11-22(15-7-5-4-6-8-15)20(29)26(21(30)25-22)13-19(28)17-10-9-16(12-18(17)23)24-14(2)27/h4-10,12H,3,11,13H2,1-2H3,(H,24,27)(H,25,30)/t22-/m0/s1. The maximum atomic E-state index is 14.4. The van der Waals surface area contributed by atoms with Crippen LogP contribution in [0, 0.1) is 5.82 Å². The van der Waals surface area contributed by atoms with Crippen LogP contribution in [0.4, 0.5) is 14.9 Å². The van der Waals surface area contributed by atoms with Crippen molar-refractivity contribution in [1.29, 1.82) is 0 Å². The average Bonchev–Trinajstić information content (AvgIpc) is 2.93. The Bertz CT molecular complexity index is 1010. The molecular weight excluding hydrogens is 389 g/mol. The van der Waals surface area contributed by atoms with Crippen molar-refractivity contribution < 1.29 is 23.6 Å². The first-order chi connectivity index (χ1) is 14.3. The topological polar surface area (TPSA) is 95.6 Å². The summed E-state index contributed by atoms with van der Waals surface area (Å²) in [5.41, 5.74) is -0.678. The fourth-order valence-corrected chi connectivity index (χ4v) is 3.63. The van der Waals surface area contributed by atoms with Crippen molar-refractivity contribution in [2.45, 2.75) is 32.2 Å². The highest BCUT2D eigenvalue weighted by Gasteiger charge is 2.52. The van der Waals surface area contributed by atoms with Crippen molar-refractivity contribution in [2.24, 2.45) is 0 Å². The third-order valence-electron chi connectivity index (χ3n) is 4.96. The van der Waals surface area contributed by atoms with Crippen LogP contribution >= 0.6 is 0 Å². The first-order valence-corrected chi connectivity index (χ1v) is 9.58. The summed E-state index contributed by atoms with van der Waals surface area (Å²) in [6.45, 7) is 2.59. The molecule has 30 heavy (non-hydrogen) atoms. The third-order valence-corrected chi connectivity index (χ3v) is 4.96. The van der Waals surface area contributed by atoms with Gasteiger partial charge in [-0.15, -0.1) is 0 Å². The van der Waals surface area contributed by atoms with Crippen molar-refractivity contribution in [3.8, 4) is 0 Å². The van der Waals surface area contributed by atoms with Crippen LogP contribution in [-0.4, -0.2) is 35.1 Å². The quantitative estimate of drug-likeness (QED) is 0.540. The molecule has 0 radical (unpaired) electrons. The van der Waals surface area contributed by atoms with E-state index in [1.54, 1.807) is 30.3 Å². The van der Waals surface area contributed by atoms with Gasteiger partial charge in [0.05, 0.1) is 12.1 Å². The molecule has 3 rings (SSSR count). The number of ketones is 1. The lowest BCUT2D eigenvalue weighted by atomic mass is 9.85. The van der Waals surface area contributed by atoms with Gasteiger partial charge >= 0.3 is 6.03 Å². The summed E-state index contributed by atoms with van der Waals surface area (Å²) in [6.07, 6.45) is 0.994. The number of nitrogens with zero attached hydrogens (tertiary/aromatic N) is 1. The SMILES string of the molecule is CCC[C@@]1(c2ccccc2)NC(=O)N(CC(=O)c2ccc(NC(C)=O)cc2F)C1=O. The minimum absolute atomic E-state index is 0.206. The van der Waals surface area contributed by atoms with Crippen molar-refractivity contribution >= 4 is 29.3 Å². The Kier molecular flexibility index (Phi) is 5.96. The Morgan fingerprint density at radius 2 is 1.83 bits per heavy atom. The van der Waals surface area contributed by atoms with Crippen LogP contribution < -0.4 is 10.6 Å². The van der Waals surface area contributed by atoms with Gasteiger partial charge in [-0.3, -0.25) is 19.3 Å². The van der Waals surface area contributed by atoms with E-state index in [4.69, 9.17) is 0 Å². The second kappa shape index (κ2) is 8.44. The summed E-state index contributed by atoms with van der Waals surface area (Å²) in [5, 5.41) is 5.15. The monoisotopic (exact) mass is 411 g/mol. The van der Waals surface area contributed by atoms with Crippen molar-refractivity contribution in [1.82, 2.24) is 10.2 Å². The summed E-state index contributed by atoms with van der Waals surface area (Å²) in [6, 6.07) is 11.8.